The van der Waals surface area contributed by atoms with Crippen LogP contribution in [0.15, 0.2) is 47.5 Å². The predicted molar refractivity (Wildman–Crippen MR) is 114 cm³/mol. The summed E-state index contributed by atoms with van der Waals surface area (Å²) in [4.78, 5) is 4.02. The first-order valence-electron chi connectivity index (χ1n) is 8.45. The van der Waals surface area contributed by atoms with E-state index in [0.29, 0.717) is 17.1 Å². The molecular formula is C19H21F5IN3O2. The molecule has 11 heteroatoms. The van der Waals surface area contributed by atoms with Crippen LogP contribution in [0.5, 0.6) is 11.5 Å². The van der Waals surface area contributed by atoms with Crippen LogP contribution in [0.3, 0.4) is 0 Å². The van der Waals surface area contributed by atoms with Gasteiger partial charge in [0.05, 0.1) is 12.7 Å². The second kappa shape index (κ2) is 11.8. The van der Waals surface area contributed by atoms with Crippen molar-refractivity contribution in [2.24, 2.45) is 4.99 Å². The Kier molecular flexibility index (Phi) is 10.1. The zero-order valence-corrected chi connectivity index (χ0v) is 18.4. The van der Waals surface area contributed by atoms with E-state index in [1.807, 2.05) is 0 Å². The van der Waals surface area contributed by atoms with E-state index in [1.54, 1.807) is 6.07 Å². The molecule has 0 aliphatic rings. The predicted octanol–water partition coefficient (Wildman–Crippen LogP) is 4.80. The van der Waals surface area contributed by atoms with E-state index in [-0.39, 0.29) is 48.6 Å². The first kappa shape index (κ1) is 25.7. The summed E-state index contributed by atoms with van der Waals surface area (Å²) >= 11 is 0. The standard InChI is InChI=1S/C19H20F5N3O2.HI/c1-25-18(26-10-12-3-6-14(7-4-12)19(22,23)24)27-11-13-5-8-15(28-2)16(9-13)29-17(20)21;/h3-9,17H,10-11H2,1-2H3,(H2,25,26,27);1H. The zero-order chi connectivity index (χ0) is 21.4. The Bertz CT molecular complexity index is 830. The zero-order valence-electron chi connectivity index (χ0n) is 16.1. The number of nitrogens with zero attached hydrogens (tertiary/aromatic N) is 1. The molecule has 30 heavy (non-hydrogen) atoms. The number of ether oxygens (including phenoxy) is 2. The molecule has 0 saturated carbocycles. The van der Waals surface area contributed by atoms with Crippen molar-refractivity contribution in [3.63, 3.8) is 0 Å². The number of guanidine groups is 1. The lowest BCUT2D eigenvalue weighted by atomic mass is 10.1. The number of aliphatic imine (C=N–C) groups is 1. The lowest BCUT2D eigenvalue weighted by Crippen LogP contribution is -2.36. The summed E-state index contributed by atoms with van der Waals surface area (Å²) in [6.07, 6.45) is -4.38. The first-order chi connectivity index (χ1) is 13.7. The van der Waals surface area contributed by atoms with E-state index in [1.165, 1.54) is 38.4 Å². The monoisotopic (exact) mass is 545 g/mol. The van der Waals surface area contributed by atoms with Crippen molar-refractivity contribution < 1.29 is 31.4 Å². The maximum Gasteiger partial charge on any atom is 0.416 e. The van der Waals surface area contributed by atoms with Crippen LogP contribution >= 0.6 is 24.0 Å². The Labute approximate surface area is 187 Å². The van der Waals surface area contributed by atoms with Crippen LogP contribution in [0, 0.1) is 0 Å². The van der Waals surface area contributed by atoms with Crippen LogP contribution in [0.2, 0.25) is 0 Å². The Hall–Kier alpha value is -2.31. The second-order valence-corrected chi connectivity index (χ2v) is 5.84. The van der Waals surface area contributed by atoms with Gasteiger partial charge in [-0.1, -0.05) is 18.2 Å². The quantitative estimate of drug-likeness (QED) is 0.227. The summed E-state index contributed by atoms with van der Waals surface area (Å²) in [5, 5.41) is 5.95. The lowest BCUT2D eigenvalue weighted by molar-refractivity contribution is -0.137. The molecule has 2 N–H and O–H groups in total. The highest BCUT2D eigenvalue weighted by atomic mass is 127. The molecule has 5 nitrogen and oxygen atoms in total. The smallest absolute Gasteiger partial charge is 0.416 e. The maximum absolute atomic E-state index is 12.6. The van der Waals surface area contributed by atoms with Gasteiger partial charge in [-0.15, -0.1) is 24.0 Å². The Balaban J connectivity index is 0.00000450. The fourth-order valence-electron chi connectivity index (χ4n) is 2.42. The summed E-state index contributed by atoms with van der Waals surface area (Å²) in [6.45, 7) is -2.48. The molecule has 2 aromatic carbocycles. The van der Waals surface area contributed by atoms with E-state index < -0.39 is 18.4 Å². The average Bonchev–Trinajstić information content (AvgIpc) is 2.67. The van der Waals surface area contributed by atoms with Gasteiger partial charge in [-0.25, -0.2) is 0 Å². The van der Waals surface area contributed by atoms with Crippen LogP contribution in [-0.2, 0) is 19.3 Å². The number of hydrogen-bond acceptors (Lipinski definition) is 3. The van der Waals surface area contributed by atoms with Crippen molar-refractivity contribution in [2.75, 3.05) is 14.2 Å². The van der Waals surface area contributed by atoms with Crippen LogP contribution in [0.25, 0.3) is 0 Å². The highest BCUT2D eigenvalue weighted by Gasteiger charge is 2.29. The van der Waals surface area contributed by atoms with Gasteiger partial charge in [0, 0.05) is 20.1 Å². The molecule has 0 aliphatic carbocycles. The van der Waals surface area contributed by atoms with E-state index in [4.69, 9.17) is 4.74 Å². The second-order valence-electron chi connectivity index (χ2n) is 5.84. The Morgan fingerprint density at radius 3 is 2.03 bits per heavy atom. The molecule has 0 aliphatic heterocycles. The minimum absolute atomic E-state index is 0. The van der Waals surface area contributed by atoms with Gasteiger partial charge in [-0.05, 0) is 35.4 Å². The molecule has 0 fully saturated rings. The Morgan fingerprint density at radius 2 is 1.53 bits per heavy atom. The fourth-order valence-corrected chi connectivity index (χ4v) is 2.42. The third-order valence-corrected chi connectivity index (χ3v) is 3.87. The number of rotatable bonds is 7. The molecule has 0 saturated heterocycles. The average molecular weight is 545 g/mol. The molecule has 166 valence electrons. The largest absolute Gasteiger partial charge is 0.493 e. The molecule has 0 bridgehead atoms. The summed E-state index contributed by atoms with van der Waals surface area (Å²) in [7, 11) is 2.88. The molecule has 2 rings (SSSR count). The number of methoxy groups -OCH3 is 1. The molecule has 2 aromatic rings. The van der Waals surface area contributed by atoms with Crippen molar-refractivity contribution >= 4 is 29.9 Å². The molecule has 0 amide bonds. The normalized spacial score (nSPS) is 11.7. The number of alkyl halides is 5. The fraction of sp³-hybridized carbons (Fsp3) is 0.316. The summed E-state index contributed by atoms with van der Waals surface area (Å²) in [5.74, 6) is 0.477. The van der Waals surface area contributed by atoms with Gasteiger partial charge in [0.15, 0.2) is 17.5 Å². The van der Waals surface area contributed by atoms with Crippen molar-refractivity contribution in [3.8, 4) is 11.5 Å². The van der Waals surface area contributed by atoms with Gasteiger partial charge in [0.2, 0.25) is 0 Å². The van der Waals surface area contributed by atoms with Gasteiger partial charge in [-0.3, -0.25) is 4.99 Å². The molecule has 0 radical (unpaired) electrons. The van der Waals surface area contributed by atoms with Gasteiger partial charge >= 0.3 is 12.8 Å². The first-order valence-corrected chi connectivity index (χ1v) is 8.45. The topological polar surface area (TPSA) is 54.9 Å². The number of hydrogen-bond donors (Lipinski definition) is 2. The van der Waals surface area contributed by atoms with Gasteiger partial charge in [0.1, 0.15) is 0 Å². The molecule has 0 unspecified atom stereocenters. The molecule has 0 aromatic heterocycles. The van der Waals surface area contributed by atoms with Crippen molar-refractivity contribution in [1.29, 1.82) is 0 Å². The summed E-state index contributed by atoms with van der Waals surface area (Å²) < 4.78 is 72.2. The lowest BCUT2D eigenvalue weighted by Gasteiger charge is -2.14. The van der Waals surface area contributed by atoms with E-state index in [2.05, 4.69) is 20.4 Å². The minimum Gasteiger partial charge on any atom is -0.493 e. The number of halogens is 6. The van der Waals surface area contributed by atoms with Crippen LogP contribution < -0.4 is 20.1 Å². The molecule has 0 atom stereocenters. The maximum atomic E-state index is 12.6. The van der Waals surface area contributed by atoms with Gasteiger partial charge < -0.3 is 20.1 Å². The van der Waals surface area contributed by atoms with Crippen LogP contribution in [0.1, 0.15) is 16.7 Å². The van der Waals surface area contributed by atoms with E-state index in [0.717, 1.165) is 12.1 Å². The van der Waals surface area contributed by atoms with E-state index in [9.17, 15) is 22.0 Å². The van der Waals surface area contributed by atoms with Crippen LogP contribution in [-0.4, -0.2) is 26.7 Å². The number of nitrogens with one attached hydrogen (secondary N) is 2. The third-order valence-electron chi connectivity index (χ3n) is 3.87. The molecular weight excluding hydrogens is 524 g/mol. The molecule has 0 heterocycles. The van der Waals surface area contributed by atoms with Gasteiger partial charge in [-0.2, -0.15) is 22.0 Å². The minimum atomic E-state index is -4.38. The number of benzene rings is 2. The third kappa shape index (κ3) is 7.84. The van der Waals surface area contributed by atoms with Crippen LogP contribution in [0.4, 0.5) is 22.0 Å². The highest BCUT2D eigenvalue weighted by molar-refractivity contribution is 14.0. The van der Waals surface area contributed by atoms with Gasteiger partial charge in [0.25, 0.3) is 0 Å². The van der Waals surface area contributed by atoms with Crippen molar-refractivity contribution in [2.45, 2.75) is 25.9 Å². The van der Waals surface area contributed by atoms with E-state index >= 15 is 0 Å². The van der Waals surface area contributed by atoms with Crippen molar-refractivity contribution in [3.05, 3.63) is 59.2 Å². The Morgan fingerprint density at radius 1 is 0.967 bits per heavy atom. The van der Waals surface area contributed by atoms with Crippen molar-refractivity contribution in [1.82, 2.24) is 10.6 Å². The summed E-state index contributed by atoms with van der Waals surface area (Å²) in [6, 6.07) is 9.37. The molecule has 0 spiro atoms. The SMILES string of the molecule is CN=C(NCc1ccc(C(F)(F)F)cc1)NCc1ccc(OC)c(OC(F)F)c1.I. The highest BCUT2D eigenvalue weighted by Crippen LogP contribution is 2.30. The summed E-state index contributed by atoms with van der Waals surface area (Å²) in [5.41, 5.74) is 0.557.